The predicted octanol–water partition coefficient (Wildman–Crippen LogP) is 7.81. The lowest BCUT2D eigenvalue weighted by molar-refractivity contribution is 0.116. The summed E-state index contributed by atoms with van der Waals surface area (Å²) in [5.74, 6) is 3.25. The van der Waals surface area contributed by atoms with E-state index in [1.807, 2.05) is 18.2 Å². The molecule has 0 N–H and O–H groups in total. The molecule has 4 rings (SSSR count). The Morgan fingerprint density at radius 3 is 2.67 bits per heavy atom. The van der Waals surface area contributed by atoms with Crippen LogP contribution in [0.2, 0.25) is 0 Å². The molecule has 4 atom stereocenters. The van der Waals surface area contributed by atoms with Crippen molar-refractivity contribution < 1.29 is 4.39 Å². The first-order valence-corrected chi connectivity index (χ1v) is 11.0. The Balaban J connectivity index is 1.53. The molecule has 2 aromatic rings. The van der Waals surface area contributed by atoms with Gasteiger partial charge in [0.1, 0.15) is 5.82 Å². The van der Waals surface area contributed by atoms with E-state index in [9.17, 15) is 4.39 Å². The molecule has 1 heteroatoms. The second-order valence-corrected chi connectivity index (χ2v) is 9.00. The van der Waals surface area contributed by atoms with Gasteiger partial charge in [-0.15, -0.1) is 6.58 Å². The average Bonchev–Trinajstić information content (AvgIpc) is 2.71. The minimum Gasteiger partial charge on any atom is -0.206 e. The van der Waals surface area contributed by atoms with Gasteiger partial charge in [0.25, 0.3) is 0 Å². The summed E-state index contributed by atoms with van der Waals surface area (Å²) in [5.41, 5.74) is 2.43. The fourth-order valence-corrected chi connectivity index (χ4v) is 5.70. The van der Waals surface area contributed by atoms with Crippen molar-refractivity contribution in [2.45, 2.75) is 70.6 Å². The smallest absolute Gasteiger partial charge is 0.131 e. The maximum absolute atomic E-state index is 14.9. The number of aryl methyl sites for hydroxylation is 1. The van der Waals surface area contributed by atoms with Crippen molar-refractivity contribution in [3.8, 4) is 0 Å². The minimum absolute atomic E-state index is 0.0419. The van der Waals surface area contributed by atoms with E-state index in [4.69, 9.17) is 0 Å². The van der Waals surface area contributed by atoms with Gasteiger partial charge in [-0.05, 0) is 97.3 Å². The molecule has 0 heterocycles. The Morgan fingerprint density at radius 1 is 1.04 bits per heavy atom. The molecule has 2 aliphatic carbocycles. The monoisotopic (exact) mass is 364 g/mol. The van der Waals surface area contributed by atoms with Gasteiger partial charge in [0.2, 0.25) is 0 Å². The van der Waals surface area contributed by atoms with E-state index >= 15 is 0 Å². The molecule has 0 nitrogen and oxygen atoms in total. The van der Waals surface area contributed by atoms with Gasteiger partial charge in [0.05, 0.1) is 0 Å². The normalized spacial score (nSPS) is 28.1. The Kier molecular flexibility index (Phi) is 5.66. The zero-order valence-corrected chi connectivity index (χ0v) is 16.7. The van der Waals surface area contributed by atoms with E-state index in [0.717, 1.165) is 41.4 Å². The molecule has 2 aliphatic rings. The number of rotatable bonds is 5. The number of hydrogen-bond donors (Lipinski definition) is 0. The fourth-order valence-electron chi connectivity index (χ4n) is 5.70. The van der Waals surface area contributed by atoms with E-state index in [2.05, 4.69) is 31.7 Å². The summed E-state index contributed by atoms with van der Waals surface area (Å²) in [4.78, 5) is 0. The molecule has 2 saturated carbocycles. The van der Waals surface area contributed by atoms with E-state index in [1.54, 1.807) is 0 Å². The summed E-state index contributed by atoms with van der Waals surface area (Å²) in [7, 11) is 0. The third kappa shape index (κ3) is 3.98. The molecule has 144 valence electrons. The van der Waals surface area contributed by atoms with Crippen LogP contribution < -0.4 is 0 Å². The van der Waals surface area contributed by atoms with Crippen LogP contribution >= 0.6 is 0 Å². The zero-order valence-electron chi connectivity index (χ0n) is 16.7. The maximum atomic E-state index is 14.9. The molecule has 0 spiro atoms. The van der Waals surface area contributed by atoms with Gasteiger partial charge in [-0.1, -0.05) is 44.0 Å². The van der Waals surface area contributed by atoms with Crippen molar-refractivity contribution in [1.82, 2.24) is 0 Å². The van der Waals surface area contributed by atoms with Gasteiger partial charge < -0.3 is 0 Å². The third-order valence-electron chi connectivity index (χ3n) is 7.40. The van der Waals surface area contributed by atoms with E-state index < -0.39 is 0 Å². The highest BCUT2D eigenvalue weighted by Gasteiger charge is 2.35. The van der Waals surface area contributed by atoms with Crippen LogP contribution in [0.25, 0.3) is 10.8 Å². The van der Waals surface area contributed by atoms with Crippen molar-refractivity contribution in [3.63, 3.8) is 0 Å². The molecule has 0 saturated heterocycles. The molecular formula is C26H33F. The van der Waals surface area contributed by atoms with Gasteiger partial charge >= 0.3 is 0 Å². The van der Waals surface area contributed by atoms with Crippen molar-refractivity contribution >= 4 is 10.8 Å². The Hall–Kier alpha value is -1.63. The summed E-state index contributed by atoms with van der Waals surface area (Å²) >= 11 is 0. The molecule has 2 aromatic carbocycles. The quantitative estimate of drug-likeness (QED) is 0.475. The largest absolute Gasteiger partial charge is 0.206 e. The van der Waals surface area contributed by atoms with E-state index in [-0.39, 0.29) is 5.82 Å². The summed E-state index contributed by atoms with van der Waals surface area (Å²) in [5, 5.41) is 1.83. The zero-order chi connectivity index (χ0) is 18.8. The number of hydrogen-bond acceptors (Lipinski definition) is 0. The molecular weight excluding hydrogens is 331 g/mol. The van der Waals surface area contributed by atoms with Gasteiger partial charge in [-0.25, -0.2) is 4.39 Å². The van der Waals surface area contributed by atoms with Crippen LogP contribution in [0.5, 0.6) is 0 Å². The van der Waals surface area contributed by atoms with E-state index in [0.29, 0.717) is 5.92 Å². The first kappa shape index (κ1) is 18.7. The van der Waals surface area contributed by atoms with Crippen LogP contribution in [0.3, 0.4) is 0 Å². The minimum atomic E-state index is -0.0419. The standard InChI is InChI=1S/C26H33F/c1-3-5-6-19-8-10-23-16-24(17-26(27)25(23)14-19)22-12-11-20-13-18(4-2)7-9-21(20)15-22/h3,8,10,14,16-18,20-22H,1,4-7,9,11-13,15H2,2H3. The van der Waals surface area contributed by atoms with Gasteiger partial charge in [0.15, 0.2) is 0 Å². The molecule has 0 radical (unpaired) electrons. The second kappa shape index (κ2) is 8.17. The summed E-state index contributed by atoms with van der Waals surface area (Å²) in [6.07, 6.45) is 13.2. The van der Waals surface area contributed by atoms with Gasteiger partial charge in [0, 0.05) is 5.39 Å². The predicted molar refractivity (Wildman–Crippen MR) is 114 cm³/mol. The molecule has 4 unspecified atom stereocenters. The molecule has 0 bridgehead atoms. The second-order valence-electron chi connectivity index (χ2n) is 9.00. The van der Waals surface area contributed by atoms with Crippen LogP contribution in [-0.2, 0) is 6.42 Å². The molecule has 0 amide bonds. The van der Waals surface area contributed by atoms with Crippen molar-refractivity contribution in [3.05, 3.63) is 59.9 Å². The average molecular weight is 365 g/mol. The van der Waals surface area contributed by atoms with Gasteiger partial charge in [-0.2, -0.15) is 0 Å². The first-order valence-electron chi connectivity index (χ1n) is 11.0. The van der Waals surface area contributed by atoms with Crippen LogP contribution in [-0.4, -0.2) is 0 Å². The highest BCUT2D eigenvalue weighted by atomic mass is 19.1. The maximum Gasteiger partial charge on any atom is 0.131 e. The molecule has 0 aliphatic heterocycles. The topological polar surface area (TPSA) is 0 Å². The summed E-state index contributed by atoms with van der Waals surface area (Å²) < 4.78 is 14.9. The van der Waals surface area contributed by atoms with Crippen molar-refractivity contribution in [2.24, 2.45) is 17.8 Å². The number of allylic oxidation sites excluding steroid dienone is 1. The van der Waals surface area contributed by atoms with E-state index in [1.165, 1.54) is 56.1 Å². The Morgan fingerprint density at radius 2 is 1.85 bits per heavy atom. The van der Waals surface area contributed by atoms with Crippen LogP contribution in [0.1, 0.15) is 75.3 Å². The van der Waals surface area contributed by atoms with Crippen LogP contribution in [0, 0.1) is 23.6 Å². The highest BCUT2D eigenvalue weighted by Crippen LogP contribution is 2.48. The third-order valence-corrected chi connectivity index (χ3v) is 7.40. The lowest BCUT2D eigenvalue weighted by Crippen LogP contribution is -2.30. The lowest BCUT2D eigenvalue weighted by Gasteiger charge is -2.42. The summed E-state index contributed by atoms with van der Waals surface area (Å²) in [6, 6.07) is 10.4. The highest BCUT2D eigenvalue weighted by molar-refractivity contribution is 5.84. The number of halogens is 1. The van der Waals surface area contributed by atoms with Crippen LogP contribution in [0.4, 0.5) is 4.39 Å². The Bertz CT molecular complexity index is 805. The van der Waals surface area contributed by atoms with Crippen LogP contribution in [0.15, 0.2) is 43.0 Å². The van der Waals surface area contributed by atoms with Crippen molar-refractivity contribution in [2.75, 3.05) is 0 Å². The molecule has 0 aromatic heterocycles. The number of benzene rings is 2. The molecule has 27 heavy (non-hydrogen) atoms. The molecule has 2 fully saturated rings. The summed E-state index contributed by atoms with van der Waals surface area (Å²) in [6.45, 7) is 6.13. The number of fused-ring (bicyclic) bond motifs is 2. The first-order chi connectivity index (χ1) is 13.2. The lowest BCUT2D eigenvalue weighted by atomic mass is 9.63. The van der Waals surface area contributed by atoms with Gasteiger partial charge in [-0.3, -0.25) is 0 Å². The Labute approximate surface area is 163 Å². The van der Waals surface area contributed by atoms with Crippen molar-refractivity contribution in [1.29, 1.82) is 0 Å². The SMILES string of the molecule is C=CCCc1ccc2cc(C3CCC4CC(CC)CCC4C3)cc(F)c2c1. The fraction of sp³-hybridized carbons (Fsp3) is 0.538.